The summed E-state index contributed by atoms with van der Waals surface area (Å²) in [5.74, 6) is -8.31. The van der Waals surface area contributed by atoms with Gasteiger partial charge in [0, 0.05) is 0 Å². The predicted octanol–water partition coefficient (Wildman–Crippen LogP) is 1.59. The molecule has 0 saturated heterocycles. The number of amides is 1. The van der Waals surface area contributed by atoms with Gasteiger partial charge < -0.3 is 5.32 Å². The molecule has 0 aliphatic rings. The summed E-state index contributed by atoms with van der Waals surface area (Å²) in [6.45, 7) is 2.19. The van der Waals surface area contributed by atoms with Crippen molar-refractivity contribution in [3.63, 3.8) is 0 Å². The molecule has 0 atom stereocenters. The smallest absolute Gasteiger partial charge is 0.339 e. The Labute approximate surface area is 94.1 Å². The maximum absolute atomic E-state index is 12.5. The Morgan fingerprint density at radius 2 is 1.75 bits per heavy atom. The number of carbonyl (C=O) groups excluding carboxylic acids is 2. The third-order valence-corrected chi connectivity index (χ3v) is 2.06. The van der Waals surface area contributed by atoms with Crippen LogP contribution in [0.3, 0.4) is 0 Å². The van der Waals surface area contributed by atoms with Gasteiger partial charge in [0.2, 0.25) is 0 Å². The zero-order chi connectivity index (χ0) is 13.1. The molecule has 1 N–H and O–H groups in total. The number of nitrogens with one attached hydrogen (secondary N) is 1. The van der Waals surface area contributed by atoms with Crippen molar-refractivity contribution in [2.45, 2.75) is 31.7 Å². The van der Waals surface area contributed by atoms with E-state index in [0.717, 1.165) is 13.8 Å². The van der Waals surface area contributed by atoms with Crippen LogP contribution in [0.5, 0.6) is 0 Å². The fraction of sp³-hybridized carbons (Fsp3) is 0.750. The zero-order valence-electron chi connectivity index (χ0n) is 8.49. The first kappa shape index (κ1) is 15.2. The molecule has 0 bridgehead atoms. The highest BCUT2D eigenvalue weighted by Crippen LogP contribution is 2.24. The van der Waals surface area contributed by atoms with Crippen LogP contribution in [0, 0.1) is 0 Å². The van der Waals surface area contributed by atoms with Gasteiger partial charge in [-0.25, -0.2) is 8.78 Å². The maximum atomic E-state index is 12.5. The molecule has 1 amide bonds. The SMILES string of the molecule is CC(C)(NC(=O)C(F)(F)C(F)F)C(=O)CCl. The van der Waals surface area contributed by atoms with E-state index in [2.05, 4.69) is 0 Å². The molecule has 0 fully saturated rings. The zero-order valence-corrected chi connectivity index (χ0v) is 9.25. The Hall–Kier alpha value is -0.850. The number of halogens is 5. The molecule has 0 heterocycles. The van der Waals surface area contributed by atoms with Crippen LogP contribution < -0.4 is 5.32 Å². The average molecular weight is 264 g/mol. The minimum Gasteiger partial charge on any atom is -0.339 e. The molecular formula is C8H10ClF4NO2. The number of hydrogen-bond acceptors (Lipinski definition) is 2. The molecule has 3 nitrogen and oxygen atoms in total. The second kappa shape index (κ2) is 4.99. The van der Waals surface area contributed by atoms with Crippen LogP contribution in [0.25, 0.3) is 0 Å². The summed E-state index contributed by atoms with van der Waals surface area (Å²) in [6, 6.07) is 0. The highest BCUT2D eigenvalue weighted by molar-refractivity contribution is 6.29. The molecule has 0 unspecified atom stereocenters. The van der Waals surface area contributed by atoms with Crippen LogP contribution in [0.15, 0.2) is 0 Å². The number of Topliss-reactive ketones (excluding diaryl/α,β-unsaturated/α-hetero) is 1. The van der Waals surface area contributed by atoms with Gasteiger partial charge in [-0.05, 0) is 13.8 Å². The summed E-state index contributed by atoms with van der Waals surface area (Å²) in [6.07, 6.45) is -4.13. The maximum Gasteiger partial charge on any atom is 0.383 e. The third kappa shape index (κ3) is 3.33. The Balaban J connectivity index is 4.75. The molecule has 8 heteroatoms. The molecule has 94 valence electrons. The summed E-state index contributed by atoms with van der Waals surface area (Å²) < 4.78 is 48.7. The van der Waals surface area contributed by atoms with Gasteiger partial charge >= 0.3 is 12.3 Å². The molecule has 0 radical (unpaired) electrons. The highest BCUT2D eigenvalue weighted by atomic mass is 35.5. The standard InChI is InChI=1S/C8H10ClF4NO2/c1-7(2,4(15)3-9)14-6(16)8(12,13)5(10)11/h5H,3H2,1-2H3,(H,14,16). The normalized spacial score (nSPS) is 12.8. The van der Waals surface area contributed by atoms with Crippen LogP contribution in [-0.4, -0.2) is 35.5 Å². The number of alkyl halides is 5. The molecule has 0 aromatic carbocycles. The lowest BCUT2D eigenvalue weighted by molar-refractivity contribution is -0.171. The van der Waals surface area contributed by atoms with E-state index in [4.69, 9.17) is 11.6 Å². The Kier molecular flexibility index (Phi) is 4.72. The lowest BCUT2D eigenvalue weighted by atomic mass is 10.00. The summed E-state index contributed by atoms with van der Waals surface area (Å²) in [5, 5.41) is 1.53. The summed E-state index contributed by atoms with van der Waals surface area (Å²) in [5.41, 5.74) is -1.71. The molecule has 0 aromatic rings. The monoisotopic (exact) mass is 263 g/mol. The van der Waals surface area contributed by atoms with Crippen LogP contribution in [0.2, 0.25) is 0 Å². The molecule has 0 aliphatic carbocycles. The predicted molar refractivity (Wildman–Crippen MR) is 48.9 cm³/mol. The lowest BCUT2D eigenvalue weighted by Crippen LogP contribution is -2.57. The molecular weight excluding hydrogens is 254 g/mol. The van der Waals surface area contributed by atoms with Crippen molar-refractivity contribution in [3.8, 4) is 0 Å². The van der Waals surface area contributed by atoms with E-state index in [-0.39, 0.29) is 0 Å². The first-order valence-electron chi connectivity index (χ1n) is 4.13. The van der Waals surface area contributed by atoms with Crippen molar-refractivity contribution in [2.75, 3.05) is 5.88 Å². The van der Waals surface area contributed by atoms with Gasteiger partial charge in [0.15, 0.2) is 5.78 Å². The molecule has 0 rings (SSSR count). The van der Waals surface area contributed by atoms with Gasteiger partial charge in [0.25, 0.3) is 5.91 Å². The largest absolute Gasteiger partial charge is 0.383 e. The summed E-state index contributed by atoms with van der Waals surface area (Å²) in [4.78, 5) is 21.9. The number of hydrogen-bond donors (Lipinski definition) is 1. The Morgan fingerprint density at radius 3 is 2.06 bits per heavy atom. The van der Waals surface area contributed by atoms with Crippen molar-refractivity contribution < 1.29 is 27.2 Å². The fourth-order valence-electron chi connectivity index (χ4n) is 0.703. The summed E-state index contributed by atoms with van der Waals surface area (Å²) in [7, 11) is 0. The van der Waals surface area contributed by atoms with Gasteiger partial charge in [-0.1, -0.05) is 0 Å². The fourth-order valence-corrected chi connectivity index (χ4v) is 1.04. The van der Waals surface area contributed by atoms with Gasteiger partial charge in [0.05, 0.1) is 11.4 Å². The highest BCUT2D eigenvalue weighted by Gasteiger charge is 2.50. The van der Waals surface area contributed by atoms with E-state index in [9.17, 15) is 27.2 Å². The van der Waals surface area contributed by atoms with E-state index in [1.807, 2.05) is 0 Å². The number of rotatable bonds is 5. The molecule has 0 aliphatic heterocycles. The molecule has 0 spiro atoms. The lowest BCUT2D eigenvalue weighted by Gasteiger charge is -2.26. The van der Waals surface area contributed by atoms with Gasteiger partial charge in [-0.15, -0.1) is 11.6 Å². The van der Waals surface area contributed by atoms with E-state index >= 15 is 0 Å². The Bertz CT molecular complexity index is 294. The second-order valence-corrected chi connectivity index (χ2v) is 3.83. The van der Waals surface area contributed by atoms with Crippen molar-refractivity contribution in [1.29, 1.82) is 0 Å². The van der Waals surface area contributed by atoms with E-state index in [0.29, 0.717) is 0 Å². The molecule has 16 heavy (non-hydrogen) atoms. The summed E-state index contributed by atoms with van der Waals surface area (Å²) >= 11 is 5.16. The van der Waals surface area contributed by atoms with Crippen LogP contribution in [0.1, 0.15) is 13.8 Å². The van der Waals surface area contributed by atoms with E-state index in [1.54, 1.807) is 0 Å². The quantitative estimate of drug-likeness (QED) is 0.605. The first-order valence-corrected chi connectivity index (χ1v) is 4.67. The van der Waals surface area contributed by atoms with Gasteiger partial charge in [0.1, 0.15) is 0 Å². The van der Waals surface area contributed by atoms with E-state index in [1.165, 1.54) is 5.32 Å². The minimum atomic E-state index is -4.83. The second-order valence-electron chi connectivity index (χ2n) is 3.56. The minimum absolute atomic E-state index is 0.520. The van der Waals surface area contributed by atoms with Crippen LogP contribution >= 0.6 is 11.6 Å². The van der Waals surface area contributed by atoms with Crippen molar-refractivity contribution in [3.05, 3.63) is 0 Å². The number of ketones is 1. The van der Waals surface area contributed by atoms with Crippen molar-refractivity contribution in [2.24, 2.45) is 0 Å². The number of carbonyl (C=O) groups is 2. The van der Waals surface area contributed by atoms with Gasteiger partial charge in [-0.2, -0.15) is 8.78 Å². The average Bonchev–Trinajstić information content (AvgIpc) is 2.15. The first-order chi connectivity index (χ1) is 7.05. The van der Waals surface area contributed by atoms with Crippen LogP contribution in [0.4, 0.5) is 17.6 Å². The van der Waals surface area contributed by atoms with Gasteiger partial charge in [-0.3, -0.25) is 9.59 Å². The topological polar surface area (TPSA) is 46.2 Å². The Morgan fingerprint density at radius 1 is 1.31 bits per heavy atom. The van der Waals surface area contributed by atoms with Crippen molar-refractivity contribution >= 4 is 23.3 Å². The van der Waals surface area contributed by atoms with E-state index < -0.39 is 35.5 Å². The molecule has 0 aromatic heterocycles. The molecule has 0 saturated carbocycles. The van der Waals surface area contributed by atoms with Crippen molar-refractivity contribution in [1.82, 2.24) is 5.32 Å². The third-order valence-electron chi connectivity index (χ3n) is 1.82. The van der Waals surface area contributed by atoms with Crippen LogP contribution in [-0.2, 0) is 9.59 Å².